The van der Waals surface area contributed by atoms with Gasteiger partial charge in [-0.15, -0.1) is 0 Å². The van der Waals surface area contributed by atoms with Gasteiger partial charge in [0.1, 0.15) is 0 Å². The summed E-state index contributed by atoms with van der Waals surface area (Å²) in [5.74, 6) is 0.491. The molecular formula is C15H13BrN4. The Morgan fingerprint density at radius 1 is 1.15 bits per heavy atom. The van der Waals surface area contributed by atoms with Gasteiger partial charge < -0.3 is 5.73 Å². The molecule has 1 aromatic carbocycles. The number of halogens is 1. The van der Waals surface area contributed by atoms with Gasteiger partial charge in [0, 0.05) is 22.4 Å². The molecule has 0 fully saturated rings. The Morgan fingerprint density at radius 2 is 1.90 bits per heavy atom. The summed E-state index contributed by atoms with van der Waals surface area (Å²) in [6, 6.07) is 10.0. The Bertz CT molecular complexity index is 750. The number of aromatic amines is 1. The molecule has 0 amide bonds. The number of nitrogens with one attached hydrogen (secondary N) is 1. The number of nitrogens with zero attached hydrogens (tertiary/aromatic N) is 2. The van der Waals surface area contributed by atoms with Gasteiger partial charge in [0.05, 0.1) is 11.3 Å². The molecule has 5 heteroatoms. The maximum Gasteiger partial charge on any atom is 0.153 e. The number of nitrogens with two attached hydrogens (primary N) is 1. The van der Waals surface area contributed by atoms with Gasteiger partial charge in [0.15, 0.2) is 5.82 Å². The van der Waals surface area contributed by atoms with Crippen LogP contribution in [0.25, 0.3) is 22.4 Å². The van der Waals surface area contributed by atoms with Crippen molar-refractivity contribution in [3.05, 3.63) is 52.8 Å². The number of pyridine rings is 1. The van der Waals surface area contributed by atoms with Crippen molar-refractivity contribution in [1.29, 1.82) is 0 Å². The zero-order valence-corrected chi connectivity index (χ0v) is 12.5. The first-order valence-corrected chi connectivity index (χ1v) is 6.97. The lowest BCUT2D eigenvalue weighted by atomic mass is 9.99. The van der Waals surface area contributed by atoms with Crippen molar-refractivity contribution in [2.24, 2.45) is 0 Å². The first-order chi connectivity index (χ1) is 9.66. The van der Waals surface area contributed by atoms with Crippen LogP contribution in [0.5, 0.6) is 0 Å². The largest absolute Gasteiger partial charge is 0.382 e. The molecule has 20 heavy (non-hydrogen) atoms. The van der Waals surface area contributed by atoms with Crippen molar-refractivity contribution in [2.45, 2.75) is 6.92 Å². The quantitative estimate of drug-likeness (QED) is 0.752. The Kier molecular flexibility index (Phi) is 3.28. The summed E-state index contributed by atoms with van der Waals surface area (Å²) in [5.41, 5.74) is 11.1. The number of rotatable bonds is 2. The molecule has 0 aliphatic rings. The Labute approximate surface area is 125 Å². The molecule has 2 heterocycles. The normalized spacial score (nSPS) is 10.7. The SMILES string of the molecule is Cc1ccc(Br)cc1-c1[nH]nc(N)c1-c1ccncc1. The third-order valence-corrected chi connectivity index (χ3v) is 3.73. The maximum absolute atomic E-state index is 6.02. The summed E-state index contributed by atoms with van der Waals surface area (Å²) in [7, 11) is 0. The lowest BCUT2D eigenvalue weighted by molar-refractivity contribution is 1.10. The first-order valence-electron chi connectivity index (χ1n) is 6.17. The minimum absolute atomic E-state index is 0.491. The second kappa shape index (κ2) is 5.09. The predicted molar refractivity (Wildman–Crippen MR) is 84.1 cm³/mol. The minimum Gasteiger partial charge on any atom is -0.382 e. The fourth-order valence-corrected chi connectivity index (χ4v) is 2.59. The van der Waals surface area contributed by atoms with Crippen LogP contribution in [0.1, 0.15) is 5.56 Å². The summed E-state index contributed by atoms with van der Waals surface area (Å²) in [6.07, 6.45) is 3.50. The molecule has 0 aliphatic heterocycles. The number of nitrogen functional groups attached to an aromatic ring is 1. The van der Waals surface area contributed by atoms with Crippen molar-refractivity contribution in [3.8, 4) is 22.4 Å². The lowest BCUT2D eigenvalue weighted by Gasteiger charge is -2.08. The summed E-state index contributed by atoms with van der Waals surface area (Å²) in [6.45, 7) is 2.06. The molecule has 0 aliphatic carbocycles. The van der Waals surface area contributed by atoms with Crippen LogP contribution >= 0.6 is 15.9 Å². The van der Waals surface area contributed by atoms with E-state index < -0.39 is 0 Å². The number of benzene rings is 1. The standard InChI is InChI=1S/C15H13BrN4/c1-9-2-3-11(16)8-12(9)14-13(15(17)20-19-14)10-4-6-18-7-5-10/h2-8H,1H3,(H3,17,19,20). The first kappa shape index (κ1) is 12.9. The van der Waals surface area contributed by atoms with Crippen LogP contribution in [0.4, 0.5) is 5.82 Å². The number of hydrogen-bond acceptors (Lipinski definition) is 3. The van der Waals surface area contributed by atoms with E-state index in [1.54, 1.807) is 12.4 Å². The van der Waals surface area contributed by atoms with Crippen molar-refractivity contribution >= 4 is 21.7 Å². The molecule has 3 rings (SSSR count). The molecule has 0 saturated carbocycles. The van der Waals surface area contributed by atoms with E-state index in [1.165, 1.54) is 0 Å². The summed E-state index contributed by atoms with van der Waals surface area (Å²) in [5, 5.41) is 7.20. The molecular weight excluding hydrogens is 316 g/mol. The predicted octanol–water partition coefficient (Wildman–Crippen LogP) is 3.79. The topological polar surface area (TPSA) is 67.6 Å². The van der Waals surface area contributed by atoms with Gasteiger partial charge in [-0.25, -0.2) is 0 Å². The van der Waals surface area contributed by atoms with Crippen molar-refractivity contribution < 1.29 is 0 Å². The molecule has 0 bridgehead atoms. The second-order valence-corrected chi connectivity index (χ2v) is 5.47. The zero-order chi connectivity index (χ0) is 14.1. The highest BCUT2D eigenvalue weighted by molar-refractivity contribution is 9.10. The van der Waals surface area contributed by atoms with Crippen LogP contribution in [0.3, 0.4) is 0 Å². The highest BCUT2D eigenvalue weighted by Crippen LogP contribution is 2.36. The van der Waals surface area contributed by atoms with Gasteiger partial charge >= 0.3 is 0 Å². The second-order valence-electron chi connectivity index (χ2n) is 4.55. The number of H-pyrrole nitrogens is 1. The van der Waals surface area contributed by atoms with Gasteiger partial charge in [-0.1, -0.05) is 22.0 Å². The average Bonchev–Trinajstić information content (AvgIpc) is 2.84. The smallest absolute Gasteiger partial charge is 0.153 e. The minimum atomic E-state index is 0.491. The third-order valence-electron chi connectivity index (χ3n) is 3.23. The van der Waals surface area contributed by atoms with E-state index in [0.29, 0.717) is 5.82 Å². The van der Waals surface area contributed by atoms with Gasteiger partial charge in [-0.05, 0) is 42.3 Å². The Morgan fingerprint density at radius 3 is 2.65 bits per heavy atom. The molecule has 3 aromatic rings. The van der Waals surface area contributed by atoms with Crippen molar-refractivity contribution in [2.75, 3.05) is 5.73 Å². The highest BCUT2D eigenvalue weighted by atomic mass is 79.9. The molecule has 0 saturated heterocycles. The van der Waals surface area contributed by atoms with Crippen LogP contribution in [-0.2, 0) is 0 Å². The van der Waals surface area contributed by atoms with Crippen molar-refractivity contribution in [3.63, 3.8) is 0 Å². The molecule has 0 spiro atoms. The number of aryl methyl sites for hydroxylation is 1. The van der Waals surface area contributed by atoms with Gasteiger partial charge in [0.2, 0.25) is 0 Å². The fourth-order valence-electron chi connectivity index (χ4n) is 2.23. The lowest BCUT2D eigenvalue weighted by Crippen LogP contribution is -1.90. The van der Waals surface area contributed by atoms with Gasteiger partial charge in [0.25, 0.3) is 0 Å². The van der Waals surface area contributed by atoms with E-state index in [1.807, 2.05) is 18.2 Å². The van der Waals surface area contributed by atoms with E-state index in [4.69, 9.17) is 5.73 Å². The van der Waals surface area contributed by atoms with Crippen LogP contribution in [0, 0.1) is 6.92 Å². The maximum atomic E-state index is 6.02. The van der Waals surface area contributed by atoms with Crippen LogP contribution in [-0.4, -0.2) is 15.2 Å². The Balaban J connectivity index is 2.24. The van der Waals surface area contributed by atoms with E-state index in [-0.39, 0.29) is 0 Å². The number of hydrogen-bond donors (Lipinski definition) is 2. The van der Waals surface area contributed by atoms with Crippen LogP contribution in [0.2, 0.25) is 0 Å². The van der Waals surface area contributed by atoms with E-state index in [2.05, 4.69) is 50.2 Å². The van der Waals surface area contributed by atoms with Crippen LogP contribution in [0.15, 0.2) is 47.2 Å². The average molecular weight is 329 g/mol. The molecule has 2 aromatic heterocycles. The van der Waals surface area contributed by atoms with E-state index in [9.17, 15) is 0 Å². The van der Waals surface area contributed by atoms with E-state index >= 15 is 0 Å². The fraction of sp³-hybridized carbons (Fsp3) is 0.0667. The summed E-state index contributed by atoms with van der Waals surface area (Å²) < 4.78 is 1.02. The molecule has 3 N–H and O–H groups in total. The molecule has 0 unspecified atom stereocenters. The monoisotopic (exact) mass is 328 g/mol. The number of aromatic nitrogens is 3. The molecule has 0 radical (unpaired) electrons. The number of anilines is 1. The molecule has 4 nitrogen and oxygen atoms in total. The Hall–Kier alpha value is -2.14. The van der Waals surface area contributed by atoms with E-state index in [0.717, 1.165) is 32.4 Å². The van der Waals surface area contributed by atoms with Gasteiger partial charge in [-0.2, -0.15) is 5.10 Å². The molecule has 0 atom stereocenters. The summed E-state index contributed by atoms with van der Waals surface area (Å²) >= 11 is 3.51. The summed E-state index contributed by atoms with van der Waals surface area (Å²) in [4.78, 5) is 4.04. The zero-order valence-electron chi connectivity index (χ0n) is 10.9. The third kappa shape index (κ3) is 2.20. The van der Waals surface area contributed by atoms with Crippen LogP contribution < -0.4 is 5.73 Å². The molecule has 100 valence electrons. The van der Waals surface area contributed by atoms with Crippen molar-refractivity contribution in [1.82, 2.24) is 15.2 Å². The van der Waals surface area contributed by atoms with Gasteiger partial charge in [-0.3, -0.25) is 10.1 Å². The highest BCUT2D eigenvalue weighted by Gasteiger charge is 2.16.